The summed E-state index contributed by atoms with van der Waals surface area (Å²) in [6.45, 7) is 2.39. The molecule has 1 aliphatic rings. The van der Waals surface area contributed by atoms with E-state index in [1.54, 1.807) is 12.4 Å². The standard InChI is InChI=1S/C15H22N2O3/c1-15(11-18,12-6-7-12)17-14(19)5-3-9-20-13-4-2-8-16-10-13/h2,4,8,10,12,18H,3,5-7,9,11H2,1H3,(H,17,19). The zero-order valence-electron chi connectivity index (χ0n) is 11.8. The predicted molar refractivity (Wildman–Crippen MR) is 75.3 cm³/mol. The van der Waals surface area contributed by atoms with Gasteiger partial charge in [0, 0.05) is 12.6 Å². The minimum absolute atomic E-state index is 0.00437. The Kier molecular flexibility index (Phi) is 4.95. The summed E-state index contributed by atoms with van der Waals surface area (Å²) in [5.41, 5.74) is -0.457. The maximum absolute atomic E-state index is 11.9. The number of rotatable bonds is 8. The summed E-state index contributed by atoms with van der Waals surface area (Å²) in [6.07, 6.45) is 6.56. The third kappa shape index (κ3) is 4.20. The molecule has 20 heavy (non-hydrogen) atoms. The van der Waals surface area contributed by atoms with Crippen LogP contribution in [0.2, 0.25) is 0 Å². The molecular weight excluding hydrogens is 256 g/mol. The highest BCUT2D eigenvalue weighted by Gasteiger charge is 2.41. The lowest BCUT2D eigenvalue weighted by atomic mass is 9.96. The molecule has 1 aromatic heterocycles. The third-order valence-corrected chi connectivity index (χ3v) is 3.68. The molecule has 1 aliphatic carbocycles. The molecule has 5 heteroatoms. The van der Waals surface area contributed by atoms with Crippen molar-refractivity contribution in [1.29, 1.82) is 0 Å². The first-order chi connectivity index (χ1) is 9.64. The monoisotopic (exact) mass is 278 g/mol. The first kappa shape index (κ1) is 14.8. The molecule has 0 spiro atoms. The number of carbonyl (C=O) groups excluding carboxylic acids is 1. The number of aromatic nitrogens is 1. The van der Waals surface area contributed by atoms with Crippen molar-refractivity contribution in [3.8, 4) is 5.75 Å². The molecule has 0 radical (unpaired) electrons. The van der Waals surface area contributed by atoms with E-state index in [9.17, 15) is 9.90 Å². The SMILES string of the molecule is CC(CO)(NC(=O)CCCOc1cccnc1)C1CC1. The quantitative estimate of drug-likeness (QED) is 0.707. The second-order valence-corrected chi connectivity index (χ2v) is 5.54. The lowest BCUT2D eigenvalue weighted by Gasteiger charge is -2.28. The van der Waals surface area contributed by atoms with E-state index < -0.39 is 5.54 Å². The topological polar surface area (TPSA) is 71.5 Å². The molecule has 2 N–H and O–H groups in total. The van der Waals surface area contributed by atoms with Crippen LogP contribution in [-0.2, 0) is 4.79 Å². The number of carbonyl (C=O) groups is 1. The Morgan fingerprint density at radius 3 is 3.00 bits per heavy atom. The minimum atomic E-state index is -0.457. The van der Waals surface area contributed by atoms with Crippen LogP contribution in [0.25, 0.3) is 0 Å². The molecule has 2 rings (SSSR count). The largest absolute Gasteiger partial charge is 0.492 e. The van der Waals surface area contributed by atoms with Gasteiger partial charge in [0.05, 0.1) is 24.9 Å². The highest BCUT2D eigenvalue weighted by Crippen LogP contribution is 2.39. The summed E-state index contributed by atoms with van der Waals surface area (Å²) in [4.78, 5) is 15.8. The second kappa shape index (κ2) is 6.70. The van der Waals surface area contributed by atoms with Crippen molar-refractivity contribution in [2.24, 2.45) is 5.92 Å². The molecule has 0 aromatic carbocycles. The van der Waals surface area contributed by atoms with Gasteiger partial charge in [0.15, 0.2) is 0 Å². The van der Waals surface area contributed by atoms with E-state index in [0.29, 0.717) is 31.1 Å². The van der Waals surface area contributed by atoms with E-state index >= 15 is 0 Å². The highest BCUT2D eigenvalue weighted by molar-refractivity contribution is 5.76. The van der Waals surface area contributed by atoms with Crippen LogP contribution in [0, 0.1) is 5.92 Å². The molecule has 1 heterocycles. The molecule has 1 atom stereocenters. The van der Waals surface area contributed by atoms with E-state index in [2.05, 4.69) is 10.3 Å². The van der Waals surface area contributed by atoms with Crippen molar-refractivity contribution < 1.29 is 14.6 Å². The van der Waals surface area contributed by atoms with Crippen molar-refractivity contribution in [3.05, 3.63) is 24.5 Å². The highest BCUT2D eigenvalue weighted by atomic mass is 16.5. The van der Waals surface area contributed by atoms with Crippen molar-refractivity contribution in [2.45, 2.75) is 38.1 Å². The Hall–Kier alpha value is -1.62. The normalized spacial score (nSPS) is 17.3. The average Bonchev–Trinajstić information content (AvgIpc) is 3.29. The summed E-state index contributed by atoms with van der Waals surface area (Å²) < 4.78 is 5.48. The van der Waals surface area contributed by atoms with E-state index in [1.807, 2.05) is 19.1 Å². The van der Waals surface area contributed by atoms with Crippen molar-refractivity contribution in [2.75, 3.05) is 13.2 Å². The number of aliphatic hydroxyl groups is 1. The Balaban J connectivity index is 1.65. The Bertz CT molecular complexity index is 434. The molecule has 0 aliphatic heterocycles. The van der Waals surface area contributed by atoms with E-state index in [0.717, 1.165) is 12.8 Å². The maximum Gasteiger partial charge on any atom is 0.220 e. The Morgan fingerprint density at radius 2 is 2.40 bits per heavy atom. The van der Waals surface area contributed by atoms with Crippen LogP contribution in [-0.4, -0.2) is 34.8 Å². The number of pyridine rings is 1. The predicted octanol–water partition coefficient (Wildman–Crippen LogP) is 1.52. The van der Waals surface area contributed by atoms with E-state index in [4.69, 9.17) is 4.74 Å². The molecule has 1 fully saturated rings. The van der Waals surface area contributed by atoms with Gasteiger partial charge in [0.1, 0.15) is 5.75 Å². The molecule has 1 unspecified atom stereocenters. The number of aliphatic hydroxyl groups excluding tert-OH is 1. The number of hydrogen-bond acceptors (Lipinski definition) is 4. The fraction of sp³-hybridized carbons (Fsp3) is 0.600. The van der Waals surface area contributed by atoms with Gasteiger partial charge >= 0.3 is 0 Å². The molecule has 5 nitrogen and oxygen atoms in total. The minimum Gasteiger partial charge on any atom is -0.492 e. The van der Waals surface area contributed by atoms with E-state index in [-0.39, 0.29) is 12.5 Å². The van der Waals surface area contributed by atoms with Gasteiger partial charge in [0.2, 0.25) is 5.91 Å². The first-order valence-corrected chi connectivity index (χ1v) is 7.09. The number of amides is 1. The summed E-state index contributed by atoms with van der Waals surface area (Å²) in [5.74, 6) is 1.11. The molecule has 1 aromatic rings. The second-order valence-electron chi connectivity index (χ2n) is 5.54. The van der Waals surface area contributed by atoms with Crippen LogP contribution in [0.1, 0.15) is 32.6 Å². The fourth-order valence-electron chi connectivity index (χ4n) is 2.23. The molecule has 0 bridgehead atoms. The fourth-order valence-corrected chi connectivity index (χ4v) is 2.23. The van der Waals surface area contributed by atoms with E-state index in [1.165, 1.54) is 0 Å². The molecule has 0 saturated heterocycles. The Morgan fingerprint density at radius 1 is 1.60 bits per heavy atom. The van der Waals surface area contributed by atoms with Crippen LogP contribution >= 0.6 is 0 Å². The van der Waals surface area contributed by atoms with Gasteiger partial charge in [-0.05, 0) is 44.2 Å². The average molecular weight is 278 g/mol. The summed E-state index contributed by atoms with van der Waals surface area (Å²) in [5, 5.41) is 12.4. The molecule has 110 valence electrons. The summed E-state index contributed by atoms with van der Waals surface area (Å²) in [7, 11) is 0. The van der Waals surface area contributed by atoms with Gasteiger partial charge in [-0.25, -0.2) is 0 Å². The maximum atomic E-state index is 11.9. The zero-order valence-corrected chi connectivity index (χ0v) is 11.8. The van der Waals surface area contributed by atoms with Crippen LogP contribution in [0.3, 0.4) is 0 Å². The van der Waals surface area contributed by atoms with Crippen molar-refractivity contribution >= 4 is 5.91 Å². The van der Waals surface area contributed by atoms with Crippen molar-refractivity contribution in [1.82, 2.24) is 10.3 Å². The lowest BCUT2D eigenvalue weighted by Crippen LogP contribution is -2.50. The number of nitrogens with one attached hydrogen (secondary N) is 1. The van der Waals surface area contributed by atoms with Crippen molar-refractivity contribution in [3.63, 3.8) is 0 Å². The summed E-state index contributed by atoms with van der Waals surface area (Å²) in [6, 6.07) is 3.65. The van der Waals surface area contributed by atoms with Gasteiger partial charge in [-0.3, -0.25) is 9.78 Å². The van der Waals surface area contributed by atoms with Gasteiger partial charge in [-0.1, -0.05) is 0 Å². The van der Waals surface area contributed by atoms with Gasteiger partial charge < -0.3 is 15.2 Å². The smallest absolute Gasteiger partial charge is 0.220 e. The molecule has 1 amide bonds. The van der Waals surface area contributed by atoms with Crippen LogP contribution in [0.15, 0.2) is 24.5 Å². The third-order valence-electron chi connectivity index (χ3n) is 3.68. The molecule has 1 saturated carbocycles. The number of hydrogen-bond donors (Lipinski definition) is 2. The first-order valence-electron chi connectivity index (χ1n) is 7.09. The lowest BCUT2D eigenvalue weighted by molar-refractivity contribution is -0.124. The van der Waals surface area contributed by atoms with Gasteiger partial charge in [0.25, 0.3) is 0 Å². The van der Waals surface area contributed by atoms with Gasteiger partial charge in [-0.2, -0.15) is 0 Å². The Labute approximate surface area is 119 Å². The number of nitrogens with zero attached hydrogens (tertiary/aromatic N) is 1. The molecular formula is C15H22N2O3. The summed E-state index contributed by atoms with van der Waals surface area (Å²) >= 11 is 0. The van der Waals surface area contributed by atoms with Crippen LogP contribution < -0.4 is 10.1 Å². The number of ether oxygens (including phenoxy) is 1. The zero-order chi connectivity index (χ0) is 14.4. The van der Waals surface area contributed by atoms with Crippen LogP contribution in [0.5, 0.6) is 5.75 Å². The van der Waals surface area contributed by atoms with Gasteiger partial charge in [-0.15, -0.1) is 0 Å². The van der Waals surface area contributed by atoms with Crippen LogP contribution in [0.4, 0.5) is 0 Å².